The summed E-state index contributed by atoms with van der Waals surface area (Å²) in [5, 5.41) is 18.7. The number of hydrogen-bond donors (Lipinski definition) is 4. The van der Waals surface area contributed by atoms with Crippen molar-refractivity contribution in [2.24, 2.45) is 0 Å². The number of carbonyl (C=O) groups excluding carboxylic acids is 3. The van der Waals surface area contributed by atoms with E-state index in [9.17, 15) is 19.5 Å². The Morgan fingerprint density at radius 3 is 2.36 bits per heavy atom. The number of benzene rings is 2. The molecular formula is C30H41N3O5S. The van der Waals surface area contributed by atoms with Crippen LogP contribution in [0.5, 0.6) is 5.75 Å². The molecule has 39 heavy (non-hydrogen) atoms. The van der Waals surface area contributed by atoms with Crippen LogP contribution in [0, 0.1) is 13.8 Å². The first-order chi connectivity index (χ1) is 18.4. The molecule has 1 heterocycles. The summed E-state index contributed by atoms with van der Waals surface area (Å²) in [5.41, 5.74) is 1.86. The molecule has 0 radical (unpaired) electrons. The second-order valence-electron chi connectivity index (χ2n) is 11.2. The van der Waals surface area contributed by atoms with Gasteiger partial charge in [0.2, 0.25) is 11.8 Å². The highest BCUT2D eigenvalue weighted by atomic mass is 32.2. The van der Waals surface area contributed by atoms with Gasteiger partial charge in [0.05, 0.1) is 0 Å². The van der Waals surface area contributed by atoms with Gasteiger partial charge in [0.15, 0.2) is 0 Å². The molecule has 2 aromatic rings. The lowest BCUT2D eigenvalue weighted by atomic mass is 9.93. The molecule has 1 saturated heterocycles. The average Bonchev–Trinajstić information content (AvgIpc) is 3.32. The van der Waals surface area contributed by atoms with Crippen molar-refractivity contribution in [3.8, 4) is 5.75 Å². The molecule has 1 aliphatic rings. The largest absolute Gasteiger partial charge is 0.508 e. The number of ether oxygens (including phenoxy) is 1. The van der Waals surface area contributed by atoms with E-state index in [4.69, 9.17) is 4.74 Å². The van der Waals surface area contributed by atoms with Crippen molar-refractivity contribution in [2.45, 2.75) is 77.5 Å². The van der Waals surface area contributed by atoms with Crippen LogP contribution in [0.4, 0.5) is 4.79 Å². The van der Waals surface area contributed by atoms with E-state index in [0.717, 1.165) is 35.3 Å². The lowest BCUT2D eigenvalue weighted by Gasteiger charge is -2.31. The Bertz CT molecular complexity index is 1130. The maximum Gasteiger partial charge on any atom is 0.408 e. The second kappa shape index (κ2) is 13.2. The van der Waals surface area contributed by atoms with Crippen LogP contribution in [0.25, 0.3) is 0 Å². The van der Waals surface area contributed by atoms with E-state index in [-0.39, 0.29) is 18.1 Å². The van der Waals surface area contributed by atoms with Crippen LogP contribution in [0.2, 0.25) is 0 Å². The summed E-state index contributed by atoms with van der Waals surface area (Å²) in [6, 6.07) is 12.4. The maximum atomic E-state index is 13.7. The highest BCUT2D eigenvalue weighted by Gasteiger charge is 2.44. The normalized spacial score (nSPS) is 17.8. The molecular weight excluding hydrogens is 514 g/mol. The van der Waals surface area contributed by atoms with E-state index in [2.05, 4.69) is 28.1 Å². The standard InChI is InChI=1S/C30H41N3O5S/c1-20-16-23(34)17-21(2)24(20)18-25(32-28(37)38-29(3,4)5)26(35)33-30(13-15-39-19-30)27(36)31-14-9-12-22-10-7-6-8-11-22/h6-8,10-11,16-17,25,34H,9,12-15,18-19H2,1-5H3,(H,31,36)(H,32,37)(H,33,35). The first-order valence-electron chi connectivity index (χ1n) is 13.4. The van der Waals surface area contributed by atoms with E-state index in [0.29, 0.717) is 18.7 Å². The molecule has 212 valence electrons. The second-order valence-corrected chi connectivity index (χ2v) is 12.3. The topological polar surface area (TPSA) is 117 Å². The van der Waals surface area contributed by atoms with Crippen molar-refractivity contribution in [1.82, 2.24) is 16.0 Å². The van der Waals surface area contributed by atoms with Crippen LogP contribution in [-0.2, 0) is 27.2 Å². The predicted octanol–water partition coefficient (Wildman–Crippen LogP) is 4.19. The number of aryl methyl sites for hydroxylation is 3. The van der Waals surface area contributed by atoms with Crippen LogP contribution in [-0.4, -0.2) is 58.2 Å². The van der Waals surface area contributed by atoms with Gasteiger partial charge >= 0.3 is 6.09 Å². The Morgan fingerprint density at radius 2 is 1.77 bits per heavy atom. The summed E-state index contributed by atoms with van der Waals surface area (Å²) in [7, 11) is 0. The van der Waals surface area contributed by atoms with Gasteiger partial charge < -0.3 is 25.8 Å². The zero-order valence-electron chi connectivity index (χ0n) is 23.6. The summed E-state index contributed by atoms with van der Waals surface area (Å²) in [6.07, 6.45) is 1.62. The van der Waals surface area contributed by atoms with Gasteiger partial charge in [0.25, 0.3) is 0 Å². The minimum Gasteiger partial charge on any atom is -0.508 e. The maximum absolute atomic E-state index is 13.7. The molecule has 0 aromatic heterocycles. The highest BCUT2D eigenvalue weighted by Crippen LogP contribution is 2.29. The van der Waals surface area contributed by atoms with Crippen molar-refractivity contribution in [3.05, 3.63) is 64.7 Å². The molecule has 1 aliphatic heterocycles. The number of aromatic hydroxyl groups is 1. The molecule has 3 rings (SSSR count). The summed E-state index contributed by atoms with van der Waals surface area (Å²) >= 11 is 1.62. The fraction of sp³-hybridized carbons (Fsp3) is 0.500. The Labute approximate surface area is 235 Å². The number of phenolic OH excluding ortho intramolecular Hbond substituents is 1. The number of amides is 3. The summed E-state index contributed by atoms with van der Waals surface area (Å²) in [5.74, 6) is 0.690. The minimum atomic E-state index is -1.05. The Morgan fingerprint density at radius 1 is 1.10 bits per heavy atom. The Hall–Kier alpha value is -3.20. The van der Waals surface area contributed by atoms with Crippen LogP contribution in [0.15, 0.2) is 42.5 Å². The van der Waals surface area contributed by atoms with E-state index in [1.807, 2.05) is 32.0 Å². The molecule has 2 aromatic carbocycles. The number of carbonyl (C=O) groups is 3. The molecule has 0 spiro atoms. The fourth-order valence-corrected chi connectivity index (χ4v) is 6.02. The quantitative estimate of drug-likeness (QED) is 0.327. The van der Waals surface area contributed by atoms with Gasteiger partial charge in [-0.25, -0.2) is 4.79 Å². The number of alkyl carbamates (subject to hydrolysis) is 1. The summed E-state index contributed by atoms with van der Waals surface area (Å²) < 4.78 is 5.43. The molecule has 0 saturated carbocycles. The number of thioether (sulfide) groups is 1. The van der Waals surface area contributed by atoms with Crippen LogP contribution in [0.1, 0.15) is 55.9 Å². The lowest BCUT2D eigenvalue weighted by Crippen LogP contribution is -2.63. The predicted molar refractivity (Wildman–Crippen MR) is 155 cm³/mol. The molecule has 3 amide bonds. The van der Waals surface area contributed by atoms with Crippen LogP contribution in [0.3, 0.4) is 0 Å². The Kier molecular flexibility index (Phi) is 10.3. The fourth-order valence-electron chi connectivity index (χ4n) is 4.69. The molecule has 0 aliphatic carbocycles. The van der Waals surface area contributed by atoms with Gasteiger partial charge in [-0.1, -0.05) is 30.3 Å². The first-order valence-corrected chi connectivity index (χ1v) is 14.5. The van der Waals surface area contributed by atoms with Gasteiger partial charge in [-0.15, -0.1) is 0 Å². The van der Waals surface area contributed by atoms with Gasteiger partial charge in [0, 0.05) is 18.7 Å². The van der Waals surface area contributed by atoms with E-state index in [1.165, 1.54) is 5.56 Å². The molecule has 4 N–H and O–H groups in total. The van der Waals surface area contributed by atoms with Gasteiger partial charge in [-0.05, 0) is 94.0 Å². The van der Waals surface area contributed by atoms with Gasteiger partial charge in [0.1, 0.15) is 22.9 Å². The molecule has 2 unspecified atom stereocenters. The summed E-state index contributed by atoms with van der Waals surface area (Å²) in [4.78, 5) is 39.8. The monoisotopic (exact) mass is 555 g/mol. The zero-order chi connectivity index (χ0) is 28.6. The number of hydrogen-bond acceptors (Lipinski definition) is 6. The van der Waals surface area contributed by atoms with E-state index < -0.39 is 29.2 Å². The number of nitrogens with one attached hydrogen (secondary N) is 3. The van der Waals surface area contributed by atoms with Crippen molar-refractivity contribution in [1.29, 1.82) is 0 Å². The van der Waals surface area contributed by atoms with Crippen molar-refractivity contribution in [2.75, 3.05) is 18.1 Å². The van der Waals surface area contributed by atoms with Crippen molar-refractivity contribution < 1.29 is 24.2 Å². The average molecular weight is 556 g/mol. The van der Waals surface area contributed by atoms with Gasteiger partial charge in [-0.2, -0.15) is 11.8 Å². The number of rotatable bonds is 10. The zero-order valence-corrected chi connectivity index (χ0v) is 24.4. The molecule has 2 atom stereocenters. The van der Waals surface area contributed by atoms with Crippen LogP contribution >= 0.6 is 11.8 Å². The lowest BCUT2D eigenvalue weighted by molar-refractivity contribution is -0.133. The molecule has 8 nitrogen and oxygen atoms in total. The third-order valence-corrected chi connectivity index (χ3v) is 7.88. The van der Waals surface area contributed by atoms with Gasteiger partial charge in [-0.3, -0.25) is 9.59 Å². The molecule has 9 heteroatoms. The summed E-state index contributed by atoms with van der Waals surface area (Å²) in [6.45, 7) is 9.46. The highest BCUT2D eigenvalue weighted by molar-refractivity contribution is 7.99. The minimum absolute atomic E-state index is 0.140. The van der Waals surface area contributed by atoms with Crippen LogP contribution < -0.4 is 16.0 Å². The SMILES string of the molecule is Cc1cc(O)cc(C)c1CC(NC(=O)OC(C)(C)C)C(=O)NC1(C(=O)NCCCc2ccccc2)CCSC1. The Balaban J connectivity index is 1.73. The third kappa shape index (κ3) is 8.92. The molecule has 1 fully saturated rings. The molecule has 0 bridgehead atoms. The first kappa shape index (κ1) is 30.3. The van der Waals surface area contributed by atoms with E-state index >= 15 is 0 Å². The third-order valence-electron chi connectivity index (χ3n) is 6.69. The smallest absolute Gasteiger partial charge is 0.408 e. The van der Waals surface area contributed by atoms with Crippen molar-refractivity contribution in [3.63, 3.8) is 0 Å². The van der Waals surface area contributed by atoms with E-state index in [1.54, 1.807) is 44.7 Å². The number of phenols is 1. The van der Waals surface area contributed by atoms with Crippen molar-refractivity contribution >= 4 is 29.7 Å².